The Kier molecular flexibility index (Phi) is 4.36. The fourth-order valence-electron chi connectivity index (χ4n) is 2.93. The molecule has 0 saturated carbocycles. The second-order valence-corrected chi connectivity index (χ2v) is 5.37. The first-order valence-corrected chi connectivity index (χ1v) is 7.46. The van der Waals surface area contributed by atoms with Crippen LogP contribution in [0.5, 0.6) is 5.75 Å². The maximum Gasteiger partial charge on any atom is 0.142 e. The Morgan fingerprint density at radius 1 is 1.24 bits per heavy atom. The number of nitrogens with zero attached hydrogens (tertiary/aromatic N) is 2. The number of likely N-dealkylation sites (tertiary alicyclic amines) is 1. The molecule has 1 unspecified atom stereocenters. The summed E-state index contributed by atoms with van der Waals surface area (Å²) in [7, 11) is 0. The van der Waals surface area contributed by atoms with Gasteiger partial charge in [-0.15, -0.1) is 0 Å². The molecule has 0 radical (unpaired) electrons. The number of aromatic nitrogens is 1. The summed E-state index contributed by atoms with van der Waals surface area (Å²) in [5, 5.41) is 0. The van der Waals surface area contributed by atoms with Gasteiger partial charge < -0.3 is 10.5 Å². The molecule has 0 amide bonds. The Balaban J connectivity index is 1.56. The van der Waals surface area contributed by atoms with Gasteiger partial charge in [-0.3, -0.25) is 9.88 Å². The van der Waals surface area contributed by atoms with E-state index in [4.69, 9.17) is 10.5 Å². The Labute approximate surface area is 125 Å². The fourth-order valence-corrected chi connectivity index (χ4v) is 2.93. The minimum absolute atomic E-state index is 0.468. The van der Waals surface area contributed by atoms with Crippen molar-refractivity contribution >= 4 is 5.69 Å². The Morgan fingerprint density at radius 2 is 2.14 bits per heavy atom. The lowest BCUT2D eigenvalue weighted by Gasteiger charge is -2.24. The number of benzene rings is 1. The van der Waals surface area contributed by atoms with Crippen LogP contribution in [0.3, 0.4) is 0 Å². The summed E-state index contributed by atoms with van der Waals surface area (Å²) >= 11 is 0. The Hall–Kier alpha value is -2.07. The van der Waals surface area contributed by atoms with Crippen molar-refractivity contribution < 1.29 is 4.74 Å². The molecular formula is C17H21N3O. The molecule has 4 heteroatoms. The predicted molar refractivity (Wildman–Crippen MR) is 84.1 cm³/mol. The highest BCUT2D eigenvalue weighted by molar-refractivity contribution is 5.51. The van der Waals surface area contributed by atoms with Gasteiger partial charge in [0.1, 0.15) is 12.4 Å². The van der Waals surface area contributed by atoms with E-state index in [0.717, 1.165) is 18.8 Å². The fraction of sp³-hybridized carbons (Fsp3) is 0.353. The molecule has 0 bridgehead atoms. The molecule has 1 atom stereocenters. The minimum atomic E-state index is 0.468. The lowest BCUT2D eigenvalue weighted by Crippen LogP contribution is -2.28. The average molecular weight is 283 g/mol. The van der Waals surface area contributed by atoms with E-state index in [2.05, 4.69) is 16.0 Å². The highest BCUT2D eigenvalue weighted by atomic mass is 16.5. The van der Waals surface area contributed by atoms with Crippen molar-refractivity contribution in [3.63, 3.8) is 0 Å². The van der Waals surface area contributed by atoms with Crippen LogP contribution in [0.2, 0.25) is 0 Å². The van der Waals surface area contributed by atoms with E-state index in [1.165, 1.54) is 18.4 Å². The van der Waals surface area contributed by atoms with Crippen LogP contribution in [0.1, 0.15) is 24.4 Å². The van der Waals surface area contributed by atoms with Gasteiger partial charge in [0.15, 0.2) is 0 Å². The first-order valence-electron chi connectivity index (χ1n) is 7.46. The lowest BCUT2D eigenvalue weighted by atomic mass is 10.1. The number of hydrogen-bond acceptors (Lipinski definition) is 4. The lowest BCUT2D eigenvalue weighted by molar-refractivity contribution is 0.198. The van der Waals surface area contributed by atoms with Crippen molar-refractivity contribution in [3.8, 4) is 5.75 Å². The second kappa shape index (κ2) is 6.59. The van der Waals surface area contributed by atoms with Gasteiger partial charge in [0.25, 0.3) is 0 Å². The summed E-state index contributed by atoms with van der Waals surface area (Å²) in [5.41, 5.74) is 7.88. The van der Waals surface area contributed by atoms with Crippen LogP contribution < -0.4 is 10.5 Å². The van der Waals surface area contributed by atoms with Crippen LogP contribution in [-0.2, 0) is 0 Å². The molecule has 0 spiro atoms. The topological polar surface area (TPSA) is 51.4 Å². The monoisotopic (exact) mass is 283 g/mol. The molecule has 1 aliphatic rings. The van der Waals surface area contributed by atoms with Gasteiger partial charge in [-0.25, -0.2) is 0 Å². The van der Waals surface area contributed by atoms with Gasteiger partial charge in [0, 0.05) is 25.0 Å². The molecule has 21 heavy (non-hydrogen) atoms. The molecule has 2 N–H and O–H groups in total. The highest BCUT2D eigenvalue weighted by Crippen LogP contribution is 2.31. The normalized spacial score (nSPS) is 18.8. The third-order valence-electron chi connectivity index (χ3n) is 3.99. The number of nitrogen functional groups attached to an aromatic ring is 1. The van der Waals surface area contributed by atoms with Crippen LogP contribution in [0.25, 0.3) is 0 Å². The summed E-state index contributed by atoms with van der Waals surface area (Å²) in [5.74, 6) is 0.773. The summed E-state index contributed by atoms with van der Waals surface area (Å²) in [4.78, 5) is 6.70. The maximum absolute atomic E-state index is 5.89. The molecule has 1 aromatic heterocycles. The third kappa shape index (κ3) is 3.34. The second-order valence-electron chi connectivity index (χ2n) is 5.37. The highest BCUT2D eigenvalue weighted by Gasteiger charge is 2.25. The van der Waals surface area contributed by atoms with Crippen molar-refractivity contribution in [1.29, 1.82) is 0 Å². The number of rotatable bonds is 5. The van der Waals surface area contributed by atoms with Crippen LogP contribution in [-0.4, -0.2) is 29.6 Å². The Bertz CT molecular complexity index is 573. The van der Waals surface area contributed by atoms with Crippen LogP contribution >= 0.6 is 0 Å². The summed E-state index contributed by atoms with van der Waals surface area (Å²) in [6.45, 7) is 2.69. The molecule has 4 nitrogen and oxygen atoms in total. The van der Waals surface area contributed by atoms with E-state index in [0.29, 0.717) is 18.3 Å². The number of pyridine rings is 1. The standard InChI is InChI=1S/C17H21N3O/c18-15-6-1-2-8-17(15)21-12-11-20-10-4-7-16(20)14-5-3-9-19-13-14/h1-3,5-6,8-9,13,16H,4,7,10-12,18H2. The van der Waals surface area contributed by atoms with Crippen molar-refractivity contribution in [2.75, 3.05) is 25.4 Å². The van der Waals surface area contributed by atoms with Gasteiger partial charge in [-0.2, -0.15) is 0 Å². The summed E-state index contributed by atoms with van der Waals surface area (Å²) < 4.78 is 5.80. The van der Waals surface area contributed by atoms with E-state index in [-0.39, 0.29) is 0 Å². The van der Waals surface area contributed by atoms with Crippen LogP contribution in [0.4, 0.5) is 5.69 Å². The van der Waals surface area contributed by atoms with Gasteiger partial charge in [0.05, 0.1) is 5.69 Å². The van der Waals surface area contributed by atoms with Gasteiger partial charge in [0.2, 0.25) is 0 Å². The SMILES string of the molecule is Nc1ccccc1OCCN1CCCC1c1cccnc1. The average Bonchev–Trinajstić information content (AvgIpc) is 2.99. The minimum Gasteiger partial charge on any atom is -0.490 e. The zero-order valence-electron chi connectivity index (χ0n) is 12.1. The third-order valence-corrected chi connectivity index (χ3v) is 3.99. The molecule has 2 aromatic rings. The quantitative estimate of drug-likeness (QED) is 0.857. The van der Waals surface area contributed by atoms with E-state index in [1.54, 1.807) is 0 Å². The summed E-state index contributed by atoms with van der Waals surface area (Å²) in [6, 6.07) is 12.3. The molecule has 1 fully saturated rings. The van der Waals surface area contributed by atoms with Crippen molar-refractivity contribution in [1.82, 2.24) is 9.88 Å². The van der Waals surface area contributed by atoms with E-state index in [9.17, 15) is 0 Å². The van der Waals surface area contributed by atoms with Gasteiger partial charge in [-0.05, 0) is 43.1 Å². The predicted octanol–water partition coefficient (Wildman–Crippen LogP) is 2.88. The zero-order chi connectivity index (χ0) is 14.5. The molecule has 1 aromatic carbocycles. The van der Waals surface area contributed by atoms with Gasteiger partial charge in [-0.1, -0.05) is 18.2 Å². The number of ether oxygens (including phenoxy) is 1. The van der Waals surface area contributed by atoms with Crippen LogP contribution in [0.15, 0.2) is 48.8 Å². The molecular weight excluding hydrogens is 262 g/mol. The molecule has 3 rings (SSSR count). The number of nitrogens with two attached hydrogens (primary N) is 1. The first kappa shape index (κ1) is 13.9. The van der Waals surface area contributed by atoms with Crippen LogP contribution in [0, 0.1) is 0 Å². The molecule has 1 saturated heterocycles. The van der Waals surface area contributed by atoms with Gasteiger partial charge >= 0.3 is 0 Å². The molecule has 1 aliphatic heterocycles. The zero-order valence-corrected chi connectivity index (χ0v) is 12.1. The Morgan fingerprint density at radius 3 is 2.95 bits per heavy atom. The number of para-hydroxylation sites is 2. The first-order chi connectivity index (χ1) is 10.3. The van der Waals surface area contributed by atoms with E-state index >= 15 is 0 Å². The van der Waals surface area contributed by atoms with Crippen molar-refractivity contribution in [2.45, 2.75) is 18.9 Å². The molecule has 2 heterocycles. The van der Waals surface area contributed by atoms with E-state index in [1.807, 2.05) is 42.7 Å². The maximum atomic E-state index is 5.89. The largest absolute Gasteiger partial charge is 0.490 e. The summed E-state index contributed by atoms with van der Waals surface area (Å²) in [6.07, 6.45) is 6.22. The van der Waals surface area contributed by atoms with Crippen molar-refractivity contribution in [3.05, 3.63) is 54.4 Å². The molecule has 110 valence electrons. The smallest absolute Gasteiger partial charge is 0.142 e. The molecule has 0 aliphatic carbocycles. The van der Waals surface area contributed by atoms with E-state index < -0.39 is 0 Å². The van der Waals surface area contributed by atoms with Crippen molar-refractivity contribution in [2.24, 2.45) is 0 Å². The number of hydrogen-bond donors (Lipinski definition) is 1. The number of anilines is 1.